The number of anilines is 1. The number of nitrogens with zero attached hydrogens (tertiary/aromatic N) is 6. The number of H-pyrrole nitrogens is 1. The summed E-state index contributed by atoms with van der Waals surface area (Å²) in [6, 6.07) is 10.2. The molecule has 2 aliphatic heterocycles. The number of carbonyl (C=O) groups is 1. The molecule has 2 aliphatic rings. The van der Waals surface area contributed by atoms with Gasteiger partial charge in [0.15, 0.2) is 17.3 Å². The predicted molar refractivity (Wildman–Crippen MR) is 160 cm³/mol. The molecular formula is C32H30F3N7O3. The smallest absolute Gasteiger partial charge is 0.231 e. The molecule has 2 fully saturated rings. The minimum absolute atomic E-state index is 0.0187. The van der Waals surface area contributed by atoms with Gasteiger partial charge in [-0.2, -0.15) is 5.10 Å². The Hall–Kier alpha value is -4.75. The van der Waals surface area contributed by atoms with E-state index in [0.717, 1.165) is 64.4 Å². The van der Waals surface area contributed by atoms with Gasteiger partial charge < -0.3 is 19.4 Å². The van der Waals surface area contributed by atoms with E-state index >= 15 is 4.39 Å². The summed E-state index contributed by atoms with van der Waals surface area (Å²) < 4.78 is 54.0. The number of halogens is 3. The highest BCUT2D eigenvalue weighted by molar-refractivity contribution is 6.09. The lowest BCUT2D eigenvalue weighted by Gasteiger charge is -2.40. The first kappa shape index (κ1) is 29.0. The van der Waals surface area contributed by atoms with Crippen LogP contribution in [0.25, 0.3) is 16.6 Å². The number of pyridine rings is 1. The van der Waals surface area contributed by atoms with Crippen molar-refractivity contribution in [2.24, 2.45) is 0 Å². The number of aromatic nitrogens is 5. The standard InChI is InChI=1S/C32H30F3N7O3/c1-19-13-30(45-32-22(33)3-2-4-23(32)34)36-18-29(19)42-37-17-27(39-42)31(43)26-15-20-14-24(35)28(16-25(20)38-26)41-7-5-21(6-8-41)40-9-11-44-12-10-40/h2-4,13-18,21,38H,5-12H2,1H3. The van der Waals surface area contributed by atoms with E-state index in [4.69, 9.17) is 9.47 Å². The van der Waals surface area contributed by atoms with Gasteiger partial charge in [-0.3, -0.25) is 9.69 Å². The van der Waals surface area contributed by atoms with Crippen LogP contribution in [0.2, 0.25) is 0 Å². The van der Waals surface area contributed by atoms with Gasteiger partial charge in [0.1, 0.15) is 11.5 Å². The Bertz CT molecular complexity index is 1860. The molecule has 0 unspecified atom stereocenters. The predicted octanol–water partition coefficient (Wildman–Crippen LogP) is 5.19. The van der Waals surface area contributed by atoms with Gasteiger partial charge in [-0.25, -0.2) is 18.2 Å². The summed E-state index contributed by atoms with van der Waals surface area (Å²) in [6.45, 7) is 6.63. The largest absolute Gasteiger partial charge is 0.433 e. The molecule has 3 aromatic heterocycles. The van der Waals surface area contributed by atoms with Crippen LogP contribution in [0.4, 0.5) is 18.9 Å². The summed E-state index contributed by atoms with van der Waals surface area (Å²) in [6.07, 6.45) is 4.62. The number of carbonyl (C=O) groups excluding carboxylic acids is 1. The fraction of sp³-hybridized carbons (Fsp3) is 0.312. The average Bonchev–Trinajstić information content (AvgIpc) is 3.70. The molecule has 0 radical (unpaired) electrons. The zero-order valence-corrected chi connectivity index (χ0v) is 24.5. The summed E-state index contributed by atoms with van der Waals surface area (Å²) in [5, 5.41) is 9.12. The molecule has 7 rings (SSSR count). The molecule has 5 heterocycles. The quantitative estimate of drug-likeness (QED) is 0.249. The number of aryl methyl sites for hydroxylation is 1. The molecule has 0 bridgehead atoms. The molecule has 0 aliphatic carbocycles. The Kier molecular flexibility index (Phi) is 7.71. The molecule has 45 heavy (non-hydrogen) atoms. The summed E-state index contributed by atoms with van der Waals surface area (Å²) >= 11 is 0. The Labute approximate surface area is 256 Å². The highest BCUT2D eigenvalue weighted by atomic mass is 19.1. The van der Waals surface area contributed by atoms with Crippen LogP contribution < -0.4 is 9.64 Å². The summed E-state index contributed by atoms with van der Waals surface area (Å²) in [5.74, 6) is -3.02. The summed E-state index contributed by atoms with van der Waals surface area (Å²) in [7, 11) is 0. The third kappa shape index (κ3) is 5.76. The van der Waals surface area contributed by atoms with Crippen LogP contribution in [0.1, 0.15) is 34.6 Å². The zero-order chi connectivity index (χ0) is 31.1. The lowest BCUT2D eigenvalue weighted by molar-refractivity contribution is 0.0115. The number of rotatable bonds is 7. The Morgan fingerprint density at radius 1 is 0.956 bits per heavy atom. The second-order valence-corrected chi connectivity index (χ2v) is 11.3. The number of para-hydroxylation sites is 1. The number of benzene rings is 2. The lowest BCUT2D eigenvalue weighted by Crippen LogP contribution is -2.49. The minimum atomic E-state index is -0.851. The lowest BCUT2D eigenvalue weighted by atomic mass is 10.0. The number of aromatic amines is 1. The van der Waals surface area contributed by atoms with Crippen LogP contribution in [0.15, 0.2) is 54.9 Å². The van der Waals surface area contributed by atoms with Crippen LogP contribution in [0.5, 0.6) is 11.6 Å². The summed E-state index contributed by atoms with van der Waals surface area (Å²) in [4.78, 5) is 26.4. The number of piperidine rings is 1. The van der Waals surface area contributed by atoms with E-state index in [-0.39, 0.29) is 23.1 Å². The molecule has 0 saturated carbocycles. The van der Waals surface area contributed by atoms with E-state index in [0.29, 0.717) is 33.9 Å². The third-order valence-electron chi connectivity index (χ3n) is 8.42. The molecule has 232 valence electrons. The van der Waals surface area contributed by atoms with Crippen molar-refractivity contribution < 1.29 is 27.4 Å². The molecule has 0 amide bonds. The molecule has 2 saturated heterocycles. The number of fused-ring (bicyclic) bond motifs is 1. The third-order valence-corrected chi connectivity index (χ3v) is 8.42. The van der Waals surface area contributed by atoms with Crippen molar-refractivity contribution in [1.29, 1.82) is 0 Å². The SMILES string of the molecule is Cc1cc(Oc2c(F)cccc2F)ncc1-n1ncc(C(=O)c2cc3cc(F)c(N4CCC(N5CCOCC5)CC4)cc3[nH]2)n1. The molecule has 13 heteroatoms. The molecule has 0 spiro atoms. The van der Waals surface area contributed by atoms with Gasteiger partial charge in [0.2, 0.25) is 17.4 Å². The highest BCUT2D eigenvalue weighted by Gasteiger charge is 2.27. The van der Waals surface area contributed by atoms with Crippen LogP contribution in [0.3, 0.4) is 0 Å². The first-order valence-electron chi connectivity index (χ1n) is 14.8. The maximum atomic E-state index is 15.3. The average molecular weight is 618 g/mol. The number of hydrogen-bond acceptors (Lipinski definition) is 8. The molecule has 5 aromatic rings. The maximum Gasteiger partial charge on any atom is 0.231 e. The Morgan fingerprint density at radius 3 is 2.44 bits per heavy atom. The number of ketones is 1. The molecule has 0 atom stereocenters. The number of morpholine rings is 1. The fourth-order valence-electron chi connectivity index (χ4n) is 6.01. The monoisotopic (exact) mass is 617 g/mol. The van der Waals surface area contributed by atoms with E-state index in [1.165, 1.54) is 35.4 Å². The van der Waals surface area contributed by atoms with Gasteiger partial charge in [0.05, 0.1) is 37.0 Å². The number of nitrogens with one attached hydrogen (secondary N) is 1. The Morgan fingerprint density at radius 2 is 1.71 bits per heavy atom. The molecule has 2 aromatic carbocycles. The topological polar surface area (TPSA) is 101 Å². The van der Waals surface area contributed by atoms with Crippen molar-refractivity contribution >= 4 is 22.4 Å². The van der Waals surface area contributed by atoms with Crippen molar-refractivity contribution in [3.63, 3.8) is 0 Å². The second-order valence-electron chi connectivity index (χ2n) is 11.3. The molecule has 1 N–H and O–H groups in total. The van der Waals surface area contributed by atoms with Crippen LogP contribution in [-0.4, -0.2) is 81.1 Å². The van der Waals surface area contributed by atoms with E-state index in [1.807, 2.05) is 0 Å². The van der Waals surface area contributed by atoms with Gasteiger partial charge in [0.25, 0.3) is 0 Å². The highest BCUT2D eigenvalue weighted by Crippen LogP contribution is 2.31. The molecular weight excluding hydrogens is 587 g/mol. The fourth-order valence-corrected chi connectivity index (χ4v) is 6.01. The minimum Gasteiger partial charge on any atom is -0.433 e. The van der Waals surface area contributed by atoms with Gasteiger partial charge in [-0.1, -0.05) is 6.07 Å². The molecule has 10 nitrogen and oxygen atoms in total. The number of ether oxygens (including phenoxy) is 2. The first-order valence-corrected chi connectivity index (χ1v) is 14.8. The van der Waals surface area contributed by atoms with Crippen molar-refractivity contribution in [2.75, 3.05) is 44.3 Å². The Balaban J connectivity index is 1.06. The van der Waals surface area contributed by atoms with Gasteiger partial charge in [-0.05, 0) is 55.7 Å². The van der Waals surface area contributed by atoms with Crippen molar-refractivity contribution in [3.05, 3.63) is 89.3 Å². The van der Waals surface area contributed by atoms with Crippen molar-refractivity contribution in [1.82, 2.24) is 29.9 Å². The van der Waals surface area contributed by atoms with Crippen molar-refractivity contribution in [2.45, 2.75) is 25.8 Å². The van der Waals surface area contributed by atoms with E-state index in [1.54, 1.807) is 19.1 Å². The second kappa shape index (κ2) is 12.0. The van der Waals surface area contributed by atoms with E-state index in [2.05, 4.69) is 30.0 Å². The van der Waals surface area contributed by atoms with Gasteiger partial charge in [-0.15, -0.1) is 9.90 Å². The van der Waals surface area contributed by atoms with Crippen LogP contribution >= 0.6 is 0 Å². The van der Waals surface area contributed by atoms with E-state index < -0.39 is 23.2 Å². The summed E-state index contributed by atoms with van der Waals surface area (Å²) in [5.41, 5.74) is 2.53. The van der Waals surface area contributed by atoms with Gasteiger partial charge in [0, 0.05) is 49.2 Å². The van der Waals surface area contributed by atoms with E-state index in [9.17, 15) is 13.6 Å². The zero-order valence-electron chi connectivity index (χ0n) is 24.5. The normalized spacial score (nSPS) is 16.4. The van der Waals surface area contributed by atoms with Crippen molar-refractivity contribution in [3.8, 4) is 17.3 Å². The maximum absolute atomic E-state index is 15.3. The first-order chi connectivity index (χ1) is 21.8. The van der Waals surface area contributed by atoms with Crippen LogP contribution in [-0.2, 0) is 4.74 Å². The van der Waals surface area contributed by atoms with Gasteiger partial charge >= 0.3 is 0 Å². The number of hydrogen-bond donors (Lipinski definition) is 1. The van der Waals surface area contributed by atoms with Crippen LogP contribution in [0, 0.1) is 24.4 Å².